The van der Waals surface area contributed by atoms with Crippen LogP contribution in [0.4, 0.5) is 0 Å². The standard InChI is InChI=1S/C9H12BrNO3S2/c1-6(16(2,13)14)9(12)11-4-8-3-7(10)5-15-8/h3,5-6H,4H2,1-2H3,(H,11,12). The Balaban J connectivity index is 2.54. The maximum absolute atomic E-state index is 11.5. The van der Waals surface area contributed by atoms with Crippen LogP contribution in [0.25, 0.3) is 0 Å². The minimum absolute atomic E-state index is 0.356. The highest BCUT2D eigenvalue weighted by atomic mass is 79.9. The fourth-order valence-electron chi connectivity index (χ4n) is 0.959. The van der Waals surface area contributed by atoms with Crippen LogP contribution in [0.2, 0.25) is 0 Å². The fraction of sp³-hybridized carbons (Fsp3) is 0.444. The lowest BCUT2D eigenvalue weighted by Gasteiger charge is -2.09. The van der Waals surface area contributed by atoms with Crippen molar-refractivity contribution in [3.05, 3.63) is 20.8 Å². The van der Waals surface area contributed by atoms with E-state index < -0.39 is 21.0 Å². The molecule has 0 aromatic carbocycles. The van der Waals surface area contributed by atoms with Gasteiger partial charge in [-0.25, -0.2) is 8.42 Å². The second kappa shape index (κ2) is 5.29. The number of thiophene rings is 1. The van der Waals surface area contributed by atoms with Gasteiger partial charge in [0.05, 0.1) is 6.54 Å². The van der Waals surface area contributed by atoms with Gasteiger partial charge in [0.2, 0.25) is 5.91 Å². The van der Waals surface area contributed by atoms with E-state index >= 15 is 0 Å². The normalized spacial score (nSPS) is 13.4. The minimum Gasteiger partial charge on any atom is -0.350 e. The summed E-state index contributed by atoms with van der Waals surface area (Å²) in [5, 5.41) is 3.49. The second-order valence-electron chi connectivity index (χ2n) is 3.42. The molecule has 0 saturated carbocycles. The molecule has 1 aromatic heterocycles. The molecule has 0 spiro atoms. The Labute approximate surface area is 107 Å². The molecule has 7 heteroatoms. The molecule has 0 radical (unpaired) electrons. The lowest BCUT2D eigenvalue weighted by molar-refractivity contribution is -0.120. The molecule has 1 unspecified atom stereocenters. The van der Waals surface area contributed by atoms with Crippen molar-refractivity contribution in [2.75, 3.05) is 6.26 Å². The summed E-state index contributed by atoms with van der Waals surface area (Å²) in [5.41, 5.74) is 0. The van der Waals surface area contributed by atoms with E-state index in [4.69, 9.17) is 0 Å². The molecule has 1 heterocycles. The monoisotopic (exact) mass is 325 g/mol. The molecule has 0 aliphatic heterocycles. The zero-order chi connectivity index (χ0) is 12.3. The summed E-state index contributed by atoms with van der Waals surface area (Å²) in [6.07, 6.45) is 1.05. The Hall–Kier alpha value is -0.400. The first kappa shape index (κ1) is 13.7. The molecule has 0 bridgehead atoms. The number of halogens is 1. The summed E-state index contributed by atoms with van der Waals surface area (Å²) in [4.78, 5) is 12.4. The number of nitrogens with one attached hydrogen (secondary N) is 1. The smallest absolute Gasteiger partial charge is 0.238 e. The quantitative estimate of drug-likeness (QED) is 0.913. The predicted molar refractivity (Wildman–Crippen MR) is 68.2 cm³/mol. The molecule has 0 aliphatic carbocycles. The van der Waals surface area contributed by atoms with Gasteiger partial charge in [0.25, 0.3) is 0 Å². The minimum atomic E-state index is -3.32. The lowest BCUT2D eigenvalue weighted by atomic mass is 10.4. The van der Waals surface area contributed by atoms with Crippen LogP contribution in [0, 0.1) is 0 Å². The van der Waals surface area contributed by atoms with E-state index in [-0.39, 0.29) is 0 Å². The summed E-state index contributed by atoms with van der Waals surface area (Å²) in [5.74, 6) is -0.466. The van der Waals surface area contributed by atoms with E-state index in [1.54, 1.807) is 0 Å². The topological polar surface area (TPSA) is 63.2 Å². The third-order valence-electron chi connectivity index (χ3n) is 2.07. The summed E-state index contributed by atoms with van der Waals surface area (Å²) in [6.45, 7) is 1.74. The van der Waals surface area contributed by atoms with Crippen molar-refractivity contribution in [1.29, 1.82) is 0 Å². The van der Waals surface area contributed by atoms with Crippen molar-refractivity contribution >= 4 is 43.0 Å². The van der Waals surface area contributed by atoms with Gasteiger partial charge in [0.1, 0.15) is 5.25 Å². The number of carbonyl (C=O) groups is 1. The SMILES string of the molecule is CC(C(=O)NCc1cc(Br)cs1)S(C)(=O)=O. The molecule has 1 atom stereocenters. The van der Waals surface area contributed by atoms with Crippen molar-refractivity contribution in [2.24, 2.45) is 0 Å². The maximum Gasteiger partial charge on any atom is 0.238 e. The van der Waals surface area contributed by atoms with Crippen molar-refractivity contribution in [3.63, 3.8) is 0 Å². The zero-order valence-corrected chi connectivity index (χ0v) is 12.1. The highest BCUT2D eigenvalue weighted by Gasteiger charge is 2.22. The van der Waals surface area contributed by atoms with Crippen molar-refractivity contribution < 1.29 is 13.2 Å². The molecular formula is C9H12BrNO3S2. The molecule has 1 aromatic rings. The first-order chi connectivity index (χ1) is 7.30. The summed E-state index contributed by atoms with van der Waals surface area (Å²) >= 11 is 4.80. The van der Waals surface area contributed by atoms with Gasteiger partial charge in [-0.1, -0.05) is 0 Å². The number of rotatable bonds is 4. The van der Waals surface area contributed by atoms with Crippen LogP contribution in [-0.4, -0.2) is 25.8 Å². The van der Waals surface area contributed by atoms with Crippen LogP contribution in [0.3, 0.4) is 0 Å². The molecule has 1 N–H and O–H groups in total. The second-order valence-corrected chi connectivity index (χ2v) is 7.70. The molecule has 0 saturated heterocycles. The van der Waals surface area contributed by atoms with Crippen molar-refractivity contribution in [1.82, 2.24) is 5.32 Å². The van der Waals surface area contributed by atoms with Crippen molar-refractivity contribution in [2.45, 2.75) is 18.7 Å². The molecule has 1 rings (SSSR count). The Morgan fingerprint density at radius 3 is 2.69 bits per heavy atom. The van der Waals surface area contributed by atoms with Crippen LogP contribution >= 0.6 is 27.3 Å². The summed E-state index contributed by atoms with van der Waals surface area (Å²) < 4.78 is 23.2. The van der Waals surface area contributed by atoms with Crippen LogP contribution < -0.4 is 5.32 Å². The van der Waals surface area contributed by atoms with Crippen LogP contribution in [0.1, 0.15) is 11.8 Å². The number of hydrogen-bond acceptors (Lipinski definition) is 4. The zero-order valence-electron chi connectivity index (χ0n) is 8.86. The van der Waals surface area contributed by atoms with Crippen LogP contribution in [-0.2, 0) is 21.2 Å². The fourth-order valence-corrected chi connectivity index (χ4v) is 2.82. The van der Waals surface area contributed by atoms with E-state index in [9.17, 15) is 13.2 Å². The van der Waals surface area contributed by atoms with E-state index in [0.717, 1.165) is 15.6 Å². The molecule has 4 nitrogen and oxygen atoms in total. The van der Waals surface area contributed by atoms with Crippen molar-refractivity contribution in [3.8, 4) is 0 Å². The van der Waals surface area contributed by atoms with E-state index in [1.165, 1.54) is 18.3 Å². The third kappa shape index (κ3) is 3.88. The molecule has 0 aliphatic rings. The Bertz CT molecular complexity index is 481. The van der Waals surface area contributed by atoms with Gasteiger partial charge >= 0.3 is 0 Å². The molecule has 0 fully saturated rings. The summed E-state index contributed by atoms with van der Waals surface area (Å²) in [6, 6.07) is 1.88. The Kier molecular flexibility index (Phi) is 4.52. The molecule has 1 amide bonds. The average Bonchev–Trinajstić information content (AvgIpc) is 2.58. The Morgan fingerprint density at radius 2 is 2.25 bits per heavy atom. The van der Waals surface area contributed by atoms with Gasteiger partial charge in [-0.2, -0.15) is 0 Å². The predicted octanol–water partition coefficient (Wildman–Crippen LogP) is 1.56. The lowest BCUT2D eigenvalue weighted by Crippen LogP contribution is -2.36. The van der Waals surface area contributed by atoms with Gasteiger partial charge in [-0.3, -0.25) is 4.79 Å². The highest BCUT2D eigenvalue weighted by molar-refractivity contribution is 9.10. The summed E-state index contributed by atoms with van der Waals surface area (Å²) in [7, 11) is -3.32. The van der Waals surface area contributed by atoms with E-state index in [2.05, 4.69) is 21.2 Å². The number of sulfone groups is 1. The molecule has 16 heavy (non-hydrogen) atoms. The van der Waals surface area contributed by atoms with Crippen LogP contribution in [0.15, 0.2) is 15.9 Å². The van der Waals surface area contributed by atoms with Gasteiger partial charge in [-0.15, -0.1) is 11.3 Å². The van der Waals surface area contributed by atoms with Gasteiger partial charge in [-0.05, 0) is 28.9 Å². The first-order valence-electron chi connectivity index (χ1n) is 4.50. The van der Waals surface area contributed by atoms with E-state index in [1.807, 2.05) is 11.4 Å². The molecule has 90 valence electrons. The van der Waals surface area contributed by atoms with E-state index in [0.29, 0.717) is 6.54 Å². The number of hydrogen-bond donors (Lipinski definition) is 1. The highest BCUT2D eigenvalue weighted by Crippen LogP contribution is 2.19. The van der Waals surface area contributed by atoms with Gasteiger partial charge < -0.3 is 5.32 Å². The number of amides is 1. The Morgan fingerprint density at radius 1 is 1.62 bits per heavy atom. The largest absolute Gasteiger partial charge is 0.350 e. The average molecular weight is 326 g/mol. The third-order valence-corrected chi connectivity index (χ3v) is 5.27. The van der Waals surface area contributed by atoms with Gasteiger partial charge in [0, 0.05) is 21.0 Å². The molecular weight excluding hydrogens is 314 g/mol. The van der Waals surface area contributed by atoms with Gasteiger partial charge in [0.15, 0.2) is 9.84 Å². The maximum atomic E-state index is 11.5. The first-order valence-corrected chi connectivity index (χ1v) is 8.13. The number of carbonyl (C=O) groups excluding carboxylic acids is 1. The van der Waals surface area contributed by atoms with Crippen LogP contribution in [0.5, 0.6) is 0 Å².